The third-order valence-corrected chi connectivity index (χ3v) is 3.21. The molecule has 2 aromatic rings. The van der Waals surface area contributed by atoms with Crippen molar-refractivity contribution in [3.8, 4) is 11.3 Å². The predicted octanol–water partition coefficient (Wildman–Crippen LogP) is 1.88. The largest absolute Gasteiger partial charge is 0.383 e. The van der Waals surface area contributed by atoms with Crippen molar-refractivity contribution in [2.45, 2.75) is 13.1 Å². The van der Waals surface area contributed by atoms with Gasteiger partial charge in [-0.3, -0.25) is 4.79 Å². The predicted molar refractivity (Wildman–Crippen MR) is 80.8 cm³/mol. The van der Waals surface area contributed by atoms with E-state index in [1.807, 2.05) is 49.5 Å². The fourth-order valence-corrected chi connectivity index (χ4v) is 2.21. The van der Waals surface area contributed by atoms with Gasteiger partial charge in [-0.2, -0.15) is 0 Å². The Morgan fingerprint density at radius 3 is 2.55 bits per heavy atom. The molecule has 0 aliphatic heterocycles. The van der Waals surface area contributed by atoms with Gasteiger partial charge in [-0.15, -0.1) is 0 Å². The minimum Gasteiger partial charge on any atom is -0.383 e. The highest BCUT2D eigenvalue weighted by atomic mass is 16.5. The van der Waals surface area contributed by atoms with Crippen LogP contribution in [-0.2, 0) is 17.8 Å². The third-order valence-electron chi connectivity index (χ3n) is 3.21. The minimum atomic E-state index is 0.0396. The maximum absolute atomic E-state index is 12.5. The summed E-state index contributed by atoms with van der Waals surface area (Å²) in [6.45, 7) is 1.64. The van der Waals surface area contributed by atoms with E-state index in [9.17, 15) is 4.79 Å². The van der Waals surface area contributed by atoms with E-state index < -0.39 is 0 Å². The molecule has 1 N–H and O–H groups in total. The molecule has 1 aromatic heterocycles. The molecule has 0 atom stereocenters. The molecule has 0 radical (unpaired) electrons. The second-order valence-electron chi connectivity index (χ2n) is 4.59. The zero-order valence-electron chi connectivity index (χ0n) is 11.9. The van der Waals surface area contributed by atoms with Gasteiger partial charge >= 0.3 is 0 Å². The van der Waals surface area contributed by atoms with Crippen LogP contribution in [0.15, 0.2) is 47.3 Å². The lowest BCUT2D eigenvalue weighted by Gasteiger charge is -2.14. The third kappa shape index (κ3) is 3.15. The van der Waals surface area contributed by atoms with Crippen molar-refractivity contribution in [2.24, 2.45) is 0 Å². The molecular weight excluding hydrogens is 252 g/mol. The van der Waals surface area contributed by atoms with Crippen LogP contribution in [0.4, 0.5) is 0 Å². The van der Waals surface area contributed by atoms with E-state index in [1.54, 1.807) is 11.7 Å². The summed E-state index contributed by atoms with van der Waals surface area (Å²) in [4.78, 5) is 12.5. The fraction of sp³-hybridized carbons (Fsp3) is 0.312. The van der Waals surface area contributed by atoms with Crippen LogP contribution >= 0.6 is 0 Å². The number of rotatable bonds is 6. The molecule has 2 rings (SSSR count). The molecule has 0 aliphatic rings. The molecular formula is C16H20N2O2. The van der Waals surface area contributed by atoms with E-state index in [0.29, 0.717) is 19.7 Å². The van der Waals surface area contributed by atoms with E-state index >= 15 is 0 Å². The van der Waals surface area contributed by atoms with E-state index in [0.717, 1.165) is 16.8 Å². The normalized spacial score (nSPS) is 10.7. The van der Waals surface area contributed by atoms with E-state index in [4.69, 9.17) is 4.74 Å². The van der Waals surface area contributed by atoms with Gasteiger partial charge in [-0.05, 0) is 18.7 Å². The SMILES string of the molecule is CNCc1ccc(-c2ccccc2)n(CCOC)c1=O. The summed E-state index contributed by atoms with van der Waals surface area (Å²) in [6, 6.07) is 13.8. The quantitative estimate of drug-likeness (QED) is 0.873. The summed E-state index contributed by atoms with van der Waals surface area (Å²) in [5.74, 6) is 0. The second kappa shape index (κ2) is 7.03. The molecule has 0 aliphatic carbocycles. The van der Waals surface area contributed by atoms with Crippen molar-refractivity contribution in [2.75, 3.05) is 20.8 Å². The zero-order valence-corrected chi connectivity index (χ0v) is 11.9. The standard InChI is InChI=1S/C16H20N2O2/c1-17-12-14-8-9-15(13-6-4-3-5-7-13)18(16(14)19)10-11-20-2/h3-9,17H,10-12H2,1-2H3. The van der Waals surface area contributed by atoms with Crippen LogP contribution in [0.1, 0.15) is 5.56 Å². The molecule has 0 bridgehead atoms. The van der Waals surface area contributed by atoms with Gasteiger partial charge in [0.05, 0.1) is 12.3 Å². The van der Waals surface area contributed by atoms with Crippen LogP contribution in [-0.4, -0.2) is 25.3 Å². The Morgan fingerprint density at radius 1 is 1.15 bits per heavy atom. The van der Waals surface area contributed by atoms with Crippen LogP contribution < -0.4 is 10.9 Å². The summed E-state index contributed by atoms with van der Waals surface area (Å²) < 4.78 is 6.90. The fourth-order valence-electron chi connectivity index (χ4n) is 2.21. The number of methoxy groups -OCH3 is 1. The Hall–Kier alpha value is -1.91. The molecule has 0 fully saturated rings. The number of benzene rings is 1. The van der Waals surface area contributed by atoms with Crippen LogP contribution in [0, 0.1) is 0 Å². The molecule has 0 saturated carbocycles. The number of hydrogen-bond donors (Lipinski definition) is 1. The van der Waals surface area contributed by atoms with Crippen molar-refractivity contribution in [1.82, 2.24) is 9.88 Å². The first-order valence-corrected chi connectivity index (χ1v) is 6.69. The van der Waals surface area contributed by atoms with Gasteiger partial charge in [0, 0.05) is 25.8 Å². The molecule has 0 spiro atoms. The van der Waals surface area contributed by atoms with Crippen molar-refractivity contribution in [3.63, 3.8) is 0 Å². The smallest absolute Gasteiger partial charge is 0.255 e. The highest BCUT2D eigenvalue weighted by Crippen LogP contribution is 2.17. The lowest BCUT2D eigenvalue weighted by atomic mass is 10.1. The molecule has 0 saturated heterocycles. The van der Waals surface area contributed by atoms with Gasteiger partial charge in [-0.25, -0.2) is 0 Å². The van der Waals surface area contributed by atoms with Crippen LogP contribution in [0.25, 0.3) is 11.3 Å². The average Bonchev–Trinajstić information content (AvgIpc) is 2.49. The number of ether oxygens (including phenoxy) is 1. The first kappa shape index (κ1) is 14.5. The summed E-state index contributed by atoms with van der Waals surface area (Å²) in [7, 11) is 3.48. The monoisotopic (exact) mass is 272 g/mol. The van der Waals surface area contributed by atoms with Gasteiger partial charge < -0.3 is 14.6 Å². The van der Waals surface area contributed by atoms with E-state index in [1.165, 1.54) is 0 Å². The summed E-state index contributed by atoms with van der Waals surface area (Å²) in [6.07, 6.45) is 0. The van der Waals surface area contributed by atoms with Crippen LogP contribution in [0.3, 0.4) is 0 Å². The highest BCUT2D eigenvalue weighted by molar-refractivity contribution is 5.59. The molecule has 0 unspecified atom stereocenters. The van der Waals surface area contributed by atoms with Crippen molar-refractivity contribution >= 4 is 0 Å². The molecule has 1 heterocycles. The Morgan fingerprint density at radius 2 is 1.90 bits per heavy atom. The summed E-state index contributed by atoms with van der Waals surface area (Å²) in [5.41, 5.74) is 2.77. The lowest BCUT2D eigenvalue weighted by molar-refractivity contribution is 0.186. The molecule has 1 aromatic carbocycles. The van der Waals surface area contributed by atoms with E-state index in [-0.39, 0.29) is 5.56 Å². The lowest BCUT2D eigenvalue weighted by Crippen LogP contribution is -2.28. The molecule has 106 valence electrons. The second-order valence-corrected chi connectivity index (χ2v) is 4.59. The van der Waals surface area contributed by atoms with Crippen molar-refractivity contribution in [3.05, 3.63) is 58.4 Å². The van der Waals surface area contributed by atoms with Gasteiger partial charge in [0.2, 0.25) is 0 Å². The molecule has 4 nitrogen and oxygen atoms in total. The Balaban J connectivity index is 2.51. The summed E-state index contributed by atoms with van der Waals surface area (Å²) in [5, 5.41) is 3.02. The average molecular weight is 272 g/mol. The topological polar surface area (TPSA) is 43.3 Å². The number of pyridine rings is 1. The molecule has 20 heavy (non-hydrogen) atoms. The zero-order chi connectivity index (χ0) is 14.4. The van der Waals surface area contributed by atoms with Gasteiger partial charge in [0.25, 0.3) is 5.56 Å². The Bertz CT molecular complexity index is 606. The first-order chi connectivity index (χ1) is 9.77. The number of aromatic nitrogens is 1. The van der Waals surface area contributed by atoms with Gasteiger partial charge in [0.15, 0.2) is 0 Å². The number of nitrogens with one attached hydrogen (secondary N) is 1. The van der Waals surface area contributed by atoms with E-state index in [2.05, 4.69) is 5.32 Å². The maximum Gasteiger partial charge on any atom is 0.255 e. The number of hydrogen-bond acceptors (Lipinski definition) is 3. The number of nitrogens with zero attached hydrogens (tertiary/aromatic N) is 1. The van der Waals surface area contributed by atoms with Crippen molar-refractivity contribution in [1.29, 1.82) is 0 Å². The maximum atomic E-state index is 12.5. The minimum absolute atomic E-state index is 0.0396. The van der Waals surface area contributed by atoms with Gasteiger partial charge in [-0.1, -0.05) is 36.4 Å². The summed E-state index contributed by atoms with van der Waals surface area (Å²) >= 11 is 0. The Kier molecular flexibility index (Phi) is 5.09. The van der Waals surface area contributed by atoms with Crippen LogP contribution in [0.5, 0.6) is 0 Å². The first-order valence-electron chi connectivity index (χ1n) is 6.69. The highest BCUT2D eigenvalue weighted by Gasteiger charge is 2.09. The van der Waals surface area contributed by atoms with Gasteiger partial charge in [0.1, 0.15) is 0 Å². The Labute approximate surface area is 119 Å². The van der Waals surface area contributed by atoms with Crippen LogP contribution in [0.2, 0.25) is 0 Å². The van der Waals surface area contributed by atoms with Crippen molar-refractivity contribution < 1.29 is 4.74 Å². The molecule has 4 heteroatoms. The molecule has 0 amide bonds.